The van der Waals surface area contributed by atoms with Gasteiger partial charge in [-0.05, 0) is 25.9 Å². The molecule has 0 atom stereocenters. The van der Waals surface area contributed by atoms with E-state index >= 15 is 0 Å². The van der Waals surface area contributed by atoms with E-state index in [1.807, 2.05) is 6.07 Å². The summed E-state index contributed by atoms with van der Waals surface area (Å²) in [5, 5.41) is 11.0. The van der Waals surface area contributed by atoms with Gasteiger partial charge in [-0.3, -0.25) is 9.69 Å². The Kier molecular flexibility index (Phi) is 5.02. The second kappa shape index (κ2) is 6.39. The molecule has 0 radical (unpaired) electrons. The molecule has 1 aliphatic rings. The number of hydrogen-bond donors (Lipinski definition) is 1. The Bertz CT molecular complexity index is 216. The second-order valence-corrected chi connectivity index (χ2v) is 3.59. The molecule has 1 fully saturated rings. The molecule has 0 aromatic rings. The Hall–Kier alpha value is -1.08. The normalized spacial score (nSPS) is 17.4. The van der Waals surface area contributed by atoms with Crippen molar-refractivity contribution >= 4 is 5.91 Å². The van der Waals surface area contributed by atoms with E-state index in [0.717, 1.165) is 13.1 Å². The Balaban J connectivity index is 2.10. The molecule has 0 spiro atoms. The minimum Gasteiger partial charge on any atom is -0.354 e. The third-order valence-electron chi connectivity index (χ3n) is 2.37. The Labute approximate surface area is 84.9 Å². The van der Waals surface area contributed by atoms with Gasteiger partial charge in [0.1, 0.15) is 0 Å². The topological polar surface area (TPSA) is 56.1 Å². The van der Waals surface area contributed by atoms with Gasteiger partial charge in [-0.25, -0.2) is 0 Å². The highest BCUT2D eigenvalue weighted by Crippen LogP contribution is 2.07. The second-order valence-electron chi connectivity index (χ2n) is 3.59. The van der Waals surface area contributed by atoms with Gasteiger partial charge in [-0.2, -0.15) is 5.26 Å². The molecule has 78 valence electrons. The number of carbonyl (C=O) groups excluding carboxylic acids is 1. The average molecular weight is 195 g/mol. The van der Waals surface area contributed by atoms with Crippen LogP contribution >= 0.6 is 0 Å². The van der Waals surface area contributed by atoms with Crippen LogP contribution in [-0.4, -0.2) is 37.0 Å². The fourth-order valence-corrected chi connectivity index (χ4v) is 1.63. The molecule has 0 saturated carbocycles. The molecule has 1 N–H and O–H groups in total. The van der Waals surface area contributed by atoms with Crippen LogP contribution in [0.4, 0.5) is 0 Å². The van der Waals surface area contributed by atoms with Crippen LogP contribution in [0.2, 0.25) is 0 Å². The van der Waals surface area contributed by atoms with Crippen molar-refractivity contribution in [2.75, 3.05) is 26.2 Å². The minimum absolute atomic E-state index is 0.0437. The van der Waals surface area contributed by atoms with Crippen LogP contribution in [0, 0.1) is 11.3 Å². The van der Waals surface area contributed by atoms with Crippen LogP contribution in [0.5, 0.6) is 0 Å². The maximum atomic E-state index is 11.3. The molecule has 14 heavy (non-hydrogen) atoms. The molecule has 0 bridgehead atoms. The summed E-state index contributed by atoms with van der Waals surface area (Å²) >= 11 is 0. The van der Waals surface area contributed by atoms with Gasteiger partial charge in [0.25, 0.3) is 0 Å². The van der Waals surface area contributed by atoms with E-state index in [2.05, 4.69) is 10.2 Å². The Morgan fingerprint density at radius 3 is 2.71 bits per heavy atom. The van der Waals surface area contributed by atoms with Gasteiger partial charge in [0.15, 0.2) is 0 Å². The summed E-state index contributed by atoms with van der Waals surface area (Å²) in [4.78, 5) is 13.5. The van der Waals surface area contributed by atoms with E-state index < -0.39 is 0 Å². The summed E-state index contributed by atoms with van der Waals surface area (Å²) in [6.07, 6.45) is 4.08. The third kappa shape index (κ3) is 4.24. The van der Waals surface area contributed by atoms with Crippen molar-refractivity contribution in [2.45, 2.75) is 25.7 Å². The Morgan fingerprint density at radius 2 is 2.07 bits per heavy atom. The molecule has 4 nitrogen and oxygen atoms in total. The van der Waals surface area contributed by atoms with E-state index in [-0.39, 0.29) is 5.91 Å². The molecule has 1 rings (SSSR count). The van der Waals surface area contributed by atoms with Crippen LogP contribution in [0.15, 0.2) is 0 Å². The zero-order valence-electron chi connectivity index (χ0n) is 8.46. The monoisotopic (exact) mass is 195 g/mol. The Morgan fingerprint density at radius 1 is 1.36 bits per heavy atom. The van der Waals surface area contributed by atoms with E-state index in [1.54, 1.807) is 0 Å². The molecule has 0 unspecified atom stereocenters. The molecule has 0 aromatic carbocycles. The molecular weight excluding hydrogens is 178 g/mol. The fraction of sp³-hybridized carbons (Fsp3) is 0.800. The highest BCUT2D eigenvalue weighted by atomic mass is 16.2. The first-order valence-corrected chi connectivity index (χ1v) is 5.19. The summed E-state index contributed by atoms with van der Waals surface area (Å²) in [6.45, 7) is 3.03. The molecule has 1 aliphatic heterocycles. The first kappa shape index (κ1) is 11.0. The smallest absolute Gasteiger partial charge is 0.234 e. The summed E-state index contributed by atoms with van der Waals surface area (Å²) < 4.78 is 0. The van der Waals surface area contributed by atoms with E-state index in [4.69, 9.17) is 5.26 Å². The average Bonchev–Trinajstić information content (AvgIpc) is 2.20. The van der Waals surface area contributed by atoms with Crippen molar-refractivity contribution in [3.05, 3.63) is 0 Å². The SMILES string of the molecule is N#CCCNC(=O)CN1CCCCC1. The lowest BCUT2D eigenvalue weighted by Gasteiger charge is -2.25. The number of rotatable bonds is 4. The van der Waals surface area contributed by atoms with Gasteiger partial charge in [0.05, 0.1) is 19.0 Å². The largest absolute Gasteiger partial charge is 0.354 e. The maximum Gasteiger partial charge on any atom is 0.234 e. The van der Waals surface area contributed by atoms with Gasteiger partial charge in [-0.1, -0.05) is 6.42 Å². The predicted octanol–water partition coefficient (Wildman–Crippen LogP) is 0.502. The van der Waals surface area contributed by atoms with Gasteiger partial charge < -0.3 is 5.32 Å². The van der Waals surface area contributed by atoms with Gasteiger partial charge in [0.2, 0.25) is 5.91 Å². The van der Waals surface area contributed by atoms with Gasteiger partial charge in [0, 0.05) is 6.54 Å². The first-order valence-electron chi connectivity index (χ1n) is 5.19. The number of nitrogens with one attached hydrogen (secondary N) is 1. The van der Waals surface area contributed by atoms with Crippen molar-refractivity contribution in [3.63, 3.8) is 0 Å². The van der Waals surface area contributed by atoms with Crippen molar-refractivity contribution < 1.29 is 4.79 Å². The quantitative estimate of drug-likeness (QED) is 0.665. The summed E-state index contributed by atoms with van der Waals surface area (Å²) in [5.74, 6) is 0.0437. The fourth-order valence-electron chi connectivity index (χ4n) is 1.63. The van der Waals surface area contributed by atoms with Gasteiger partial charge in [-0.15, -0.1) is 0 Å². The number of piperidine rings is 1. The van der Waals surface area contributed by atoms with Crippen LogP contribution in [0.3, 0.4) is 0 Å². The zero-order chi connectivity index (χ0) is 10.2. The van der Waals surface area contributed by atoms with Crippen molar-refractivity contribution in [3.8, 4) is 6.07 Å². The third-order valence-corrected chi connectivity index (χ3v) is 2.37. The molecule has 1 amide bonds. The highest BCUT2D eigenvalue weighted by molar-refractivity contribution is 5.77. The van der Waals surface area contributed by atoms with Crippen LogP contribution in [0.1, 0.15) is 25.7 Å². The van der Waals surface area contributed by atoms with Crippen molar-refractivity contribution in [1.82, 2.24) is 10.2 Å². The molecule has 1 heterocycles. The zero-order valence-corrected chi connectivity index (χ0v) is 8.46. The summed E-state index contributed by atoms with van der Waals surface area (Å²) in [6, 6.07) is 2.00. The van der Waals surface area contributed by atoms with Crippen LogP contribution < -0.4 is 5.32 Å². The number of nitriles is 1. The predicted molar refractivity (Wildman–Crippen MR) is 53.5 cm³/mol. The molecular formula is C10H17N3O. The molecule has 1 saturated heterocycles. The highest BCUT2D eigenvalue weighted by Gasteiger charge is 2.12. The van der Waals surface area contributed by atoms with E-state index in [9.17, 15) is 4.79 Å². The molecule has 4 heteroatoms. The van der Waals surface area contributed by atoms with Crippen LogP contribution in [-0.2, 0) is 4.79 Å². The standard InChI is InChI=1S/C10H17N3O/c11-5-4-6-12-10(14)9-13-7-2-1-3-8-13/h1-4,6-9H2,(H,12,14). The number of likely N-dealkylation sites (tertiary alicyclic amines) is 1. The maximum absolute atomic E-state index is 11.3. The summed E-state index contributed by atoms with van der Waals surface area (Å²) in [5.41, 5.74) is 0. The number of nitrogens with zero attached hydrogens (tertiary/aromatic N) is 2. The van der Waals surface area contributed by atoms with Gasteiger partial charge >= 0.3 is 0 Å². The van der Waals surface area contributed by atoms with E-state index in [0.29, 0.717) is 19.5 Å². The van der Waals surface area contributed by atoms with E-state index in [1.165, 1.54) is 19.3 Å². The number of carbonyl (C=O) groups is 1. The lowest BCUT2D eigenvalue weighted by molar-refractivity contribution is -0.122. The number of amides is 1. The van der Waals surface area contributed by atoms with Crippen molar-refractivity contribution in [2.24, 2.45) is 0 Å². The lowest BCUT2D eigenvalue weighted by atomic mass is 10.1. The lowest BCUT2D eigenvalue weighted by Crippen LogP contribution is -2.40. The molecule has 0 aromatic heterocycles. The van der Waals surface area contributed by atoms with Crippen LogP contribution in [0.25, 0.3) is 0 Å². The first-order chi connectivity index (χ1) is 6.83. The van der Waals surface area contributed by atoms with Crippen molar-refractivity contribution in [1.29, 1.82) is 5.26 Å². The minimum atomic E-state index is 0.0437. The molecule has 0 aliphatic carbocycles. The summed E-state index contributed by atoms with van der Waals surface area (Å²) in [7, 11) is 0. The number of hydrogen-bond acceptors (Lipinski definition) is 3.